The highest BCUT2D eigenvalue weighted by Gasteiger charge is 2.28. The van der Waals surface area contributed by atoms with Crippen LogP contribution in [-0.4, -0.2) is 29.0 Å². The topological polar surface area (TPSA) is 127 Å². The van der Waals surface area contributed by atoms with E-state index in [9.17, 15) is 19.7 Å². The van der Waals surface area contributed by atoms with Crippen LogP contribution in [0.15, 0.2) is 33.8 Å². The van der Waals surface area contributed by atoms with Crippen LogP contribution in [0.5, 0.6) is 0 Å². The van der Waals surface area contributed by atoms with E-state index in [1.54, 1.807) is 12.1 Å². The molecule has 0 atom stereocenters. The van der Waals surface area contributed by atoms with Crippen LogP contribution in [0.2, 0.25) is 0 Å². The third kappa shape index (κ3) is 5.60. The molecule has 0 radical (unpaired) electrons. The number of benzene rings is 1. The van der Waals surface area contributed by atoms with Gasteiger partial charge in [-0.3, -0.25) is 19.7 Å². The third-order valence-electron chi connectivity index (χ3n) is 5.37. The highest BCUT2D eigenvalue weighted by molar-refractivity contribution is 6.06. The van der Waals surface area contributed by atoms with Crippen LogP contribution in [-0.2, 0) is 17.6 Å². The van der Waals surface area contributed by atoms with Crippen molar-refractivity contribution in [1.82, 2.24) is 10.7 Å². The molecule has 9 nitrogen and oxygen atoms in total. The van der Waals surface area contributed by atoms with Gasteiger partial charge < -0.3 is 9.73 Å². The second kappa shape index (κ2) is 10.2. The van der Waals surface area contributed by atoms with Crippen LogP contribution in [0.4, 0.5) is 5.69 Å². The summed E-state index contributed by atoms with van der Waals surface area (Å²) in [5, 5.41) is 17.9. The quantitative estimate of drug-likeness (QED) is 0.478. The predicted molar refractivity (Wildman–Crippen MR) is 120 cm³/mol. The normalized spacial score (nSPS) is 14.3. The van der Waals surface area contributed by atoms with Crippen LogP contribution >= 0.6 is 0 Å². The van der Waals surface area contributed by atoms with Crippen LogP contribution in [0.1, 0.15) is 66.1 Å². The van der Waals surface area contributed by atoms with Crippen molar-refractivity contribution in [2.45, 2.75) is 52.9 Å². The average molecular weight is 441 g/mol. The molecule has 1 heterocycles. The lowest BCUT2D eigenvalue weighted by molar-refractivity contribution is -0.384. The number of aryl methyl sites for hydroxylation is 1. The number of nitro benzene ring substituents is 1. The molecule has 0 fully saturated rings. The van der Waals surface area contributed by atoms with Gasteiger partial charge in [0.05, 0.1) is 17.1 Å². The fourth-order valence-electron chi connectivity index (χ4n) is 3.64. The Labute approximate surface area is 186 Å². The van der Waals surface area contributed by atoms with E-state index in [1.807, 2.05) is 6.92 Å². The van der Waals surface area contributed by atoms with E-state index < -0.39 is 4.92 Å². The van der Waals surface area contributed by atoms with E-state index in [2.05, 4.69) is 29.7 Å². The lowest BCUT2D eigenvalue weighted by Gasteiger charge is -2.13. The molecule has 2 N–H and O–H groups in total. The lowest BCUT2D eigenvalue weighted by Crippen LogP contribution is -2.25. The fourth-order valence-corrected chi connectivity index (χ4v) is 3.64. The Morgan fingerprint density at radius 2 is 1.94 bits per heavy atom. The summed E-state index contributed by atoms with van der Waals surface area (Å²) in [5.74, 6) is 0.941. The van der Waals surface area contributed by atoms with Gasteiger partial charge in [0.25, 0.3) is 11.6 Å². The summed E-state index contributed by atoms with van der Waals surface area (Å²) in [5.41, 5.74) is 5.40. The summed E-state index contributed by atoms with van der Waals surface area (Å²) in [4.78, 5) is 35.1. The second-order valence-electron chi connectivity index (χ2n) is 8.34. The average Bonchev–Trinajstić information content (AvgIpc) is 3.09. The van der Waals surface area contributed by atoms with Gasteiger partial charge in [-0.2, -0.15) is 5.10 Å². The maximum atomic E-state index is 12.6. The number of fused-ring (bicyclic) bond motifs is 1. The fraction of sp³-hybridized carbons (Fsp3) is 0.435. The molecule has 0 bridgehead atoms. The Hall–Kier alpha value is -3.49. The van der Waals surface area contributed by atoms with Crippen LogP contribution in [0, 0.1) is 23.0 Å². The molecule has 1 aliphatic rings. The van der Waals surface area contributed by atoms with Crippen LogP contribution in [0.25, 0.3) is 0 Å². The summed E-state index contributed by atoms with van der Waals surface area (Å²) >= 11 is 0. The number of rotatable bonds is 8. The second-order valence-corrected chi connectivity index (χ2v) is 8.34. The van der Waals surface area contributed by atoms with Gasteiger partial charge in [-0.25, -0.2) is 5.43 Å². The molecule has 32 heavy (non-hydrogen) atoms. The van der Waals surface area contributed by atoms with Gasteiger partial charge in [0.1, 0.15) is 5.76 Å². The predicted octanol–water partition coefficient (Wildman–Crippen LogP) is 3.67. The van der Waals surface area contributed by atoms with Gasteiger partial charge in [0.15, 0.2) is 5.76 Å². The zero-order valence-electron chi connectivity index (χ0n) is 18.6. The van der Waals surface area contributed by atoms with Gasteiger partial charge in [-0.15, -0.1) is 0 Å². The molecule has 2 amide bonds. The summed E-state index contributed by atoms with van der Waals surface area (Å²) in [6.07, 6.45) is 3.13. The standard InChI is InChI=1S/C23H28N4O5/c1-14(2)11-12-24-23(29)22-15(3)21-18(5-4-6-19(21)32-22)25-26-20(28)13-16-7-9-17(10-8-16)27(30)31/h7-10,14H,4-6,11-13H2,1-3H3,(H,24,29)(H,26,28)/b25-18+. The zero-order chi connectivity index (χ0) is 23.3. The van der Waals surface area contributed by atoms with Crippen molar-refractivity contribution in [1.29, 1.82) is 0 Å². The van der Waals surface area contributed by atoms with Crippen molar-refractivity contribution in [2.24, 2.45) is 11.0 Å². The number of carbonyl (C=O) groups is 2. The molecule has 0 saturated carbocycles. The summed E-state index contributed by atoms with van der Waals surface area (Å²) in [6.45, 7) is 6.61. The van der Waals surface area contributed by atoms with E-state index in [0.717, 1.165) is 24.0 Å². The highest BCUT2D eigenvalue weighted by atomic mass is 16.6. The number of nitro groups is 1. The van der Waals surface area contributed by atoms with Gasteiger partial charge in [-0.1, -0.05) is 26.0 Å². The molecule has 1 aromatic heterocycles. The first-order valence-electron chi connectivity index (χ1n) is 10.8. The lowest BCUT2D eigenvalue weighted by atomic mass is 9.93. The number of amides is 2. The first kappa shape index (κ1) is 23.2. The molecule has 3 rings (SSSR count). The molecule has 2 aromatic rings. The number of hydrogen-bond donors (Lipinski definition) is 2. The van der Waals surface area contributed by atoms with E-state index in [4.69, 9.17) is 4.42 Å². The van der Waals surface area contributed by atoms with E-state index >= 15 is 0 Å². The van der Waals surface area contributed by atoms with E-state index in [-0.39, 0.29) is 23.9 Å². The van der Waals surface area contributed by atoms with Crippen molar-refractivity contribution in [3.05, 3.63) is 62.6 Å². The van der Waals surface area contributed by atoms with Crippen molar-refractivity contribution in [3.63, 3.8) is 0 Å². The minimum atomic E-state index is -0.484. The number of carbonyl (C=O) groups excluding carboxylic acids is 2. The Balaban J connectivity index is 1.68. The van der Waals surface area contributed by atoms with Gasteiger partial charge >= 0.3 is 0 Å². The summed E-state index contributed by atoms with van der Waals surface area (Å²) in [7, 11) is 0. The van der Waals surface area contributed by atoms with Crippen LogP contribution in [0.3, 0.4) is 0 Å². The maximum Gasteiger partial charge on any atom is 0.287 e. The number of nitrogens with one attached hydrogen (secondary N) is 2. The van der Waals surface area contributed by atoms with Crippen LogP contribution < -0.4 is 10.7 Å². The zero-order valence-corrected chi connectivity index (χ0v) is 18.6. The largest absolute Gasteiger partial charge is 0.455 e. The third-order valence-corrected chi connectivity index (χ3v) is 5.37. The smallest absolute Gasteiger partial charge is 0.287 e. The molecule has 0 unspecified atom stereocenters. The van der Waals surface area contributed by atoms with Crippen molar-refractivity contribution >= 4 is 23.2 Å². The SMILES string of the molecule is Cc1c(C(=O)NCCC(C)C)oc2c1/C(=N/NC(=O)Cc1ccc([N+](=O)[O-])cc1)CCC2. The van der Waals surface area contributed by atoms with Gasteiger partial charge in [-0.05, 0) is 37.7 Å². The molecule has 170 valence electrons. The first-order chi connectivity index (χ1) is 15.3. The molecular weight excluding hydrogens is 412 g/mol. The van der Waals surface area contributed by atoms with Gasteiger partial charge in [0, 0.05) is 36.2 Å². The monoisotopic (exact) mass is 440 g/mol. The molecule has 9 heteroatoms. The van der Waals surface area contributed by atoms with Gasteiger partial charge in [0.2, 0.25) is 5.91 Å². The van der Waals surface area contributed by atoms with Crippen molar-refractivity contribution in [3.8, 4) is 0 Å². The number of hydrogen-bond acceptors (Lipinski definition) is 6. The molecule has 0 saturated heterocycles. The minimum absolute atomic E-state index is 0.0244. The van der Waals surface area contributed by atoms with E-state index in [1.165, 1.54) is 12.1 Å². The number of non-ortho nitro benzene ring substituents is 1. The van der Waals surface area contributed by atoms with Crippen molar-refractivity contribution < 1.29 is 18.9 Å². The first-order valence-corrected chi connectivity index (χ1v) is 10.8. The Morgan fingerprint density at radius 1 is 1.22 bits per heavy atom. The molecular formula is C23H28N4O5. The Bertz CT molecular complexity index is 1040. The maximum absolute atomic E-state index is 12.6. The molecule has 0 spiro atoms. The molecule has 0 aliphatic heterocycles. The highest BCUT2D eigenvalue weighted by Crippen LogP contribution is 2.29. The minimum Gasteiger partial charge on any atom is -0.455 e. The molecule has 1 aromatic carbocycles. The Kier molecular flexibility index (Phi) is 7.40. The van der Waals surface area contributed by atoms with Crippen molar-refractivity contribution in [2.75, 3.05) is 6.54 Å². The summed E-state index contributed by atoms with van der Waals surface area (Å²) < 4.78 is 5.86. The molecule has 1 aliphatic carbocycles. The van der Waals surface area contributed by atoms with E-state index in [0.29, 0.717) is 48.1 Å². The number of nitrogens with zero attached hydrogens (tertiary/aromatic N) is 2. The number of furan rings is 1. The number of hydrazone groups is 1. The summed E-state index contributed by atoms with van der Waals surface area (Å²) in [6, 6.07) is 5.83. The Morgan fingerprint density at radius 3 is 2.59 bits per heavy atom.